The van der Waals surface area contributed by atoms with Crippen LogP contribution in [0.15, 0.2) is 30.7 Å². The summed E-state index contributed by atoms with van der Waals surface area (Å²) in [5.41, 5.74) is 9.40. The molecule has 8 nitrogen and oxygen atoms in total. The van der Waals surface area contributed by atoms with E-state index in [0.717, 1.165) is 50.7 Å². The highest BCUT2D eigenvalue weighted by Crippen LogP contribution is 2.43. The van der Waals surface area contributed by atoms with Crippen molar-refractivity contribution in [2.75, 3.05) is 38.3 Å². The number of hydrogen-bond donors (Lipinski definition) is 2. The summed E-state index contributed by atoms with van der Waals surface area (Å²) in [5, 5.41) is 0. The quantitative estimate of drug-likeness (QED) is 0.810. The molecule has 4 atom stereocenters. The highest BCUT2D eigenvalue weighted by atomic mass is 16.5. The van der Waals surface area contributed by atoms with Crippen LogP contribution in [0.25, 0.3) is 0 Å². The lowest BCUT2D eigenvalue weighted by Crippen LogP contribution is -2.37. The Labute approximate surface area is 171 Å². The Bertz CT molecular complexity index is 826. The molecule has 2 aliphatic heterocycles. The minimum Gasteiger partial charge on any atom is -0.481 e. The van der Waals surface area contributed by atoms with Crippen molar-refractivity contribution in [3.8, 4) is 5.88 Å². The van der Waals surface area contributed by atoms with Crippen LogP contribution in [0.1, 0.15) is 42.5 Å². The van der Waals surface area contributed by atoms with E-state index in [1.165, 1.54) is 12.0 Å². The summed E-state index contributed by atoms with van der Waals surface area (Å²) in [7, 11) is 1.65. The fourth-order valence-corrected chi connectivity index (χ4v) is 4.90. The molecule has 0 aromatic carbocycles. The first-order chi connectivity index (χ1) is 14.3. The molecular weight excluding hydrogens is 368 g/mol. The number of nitrogens with one attached hydrogen (secondary N) is 2. The first-order valence-electron chi connectivity index (χ1n) is 10.5. The van der Waals surface area contributed by atoms with E-state index in [-0.39, 0.29) is 6.04 Å². The highest BCUT2D eigenvalue weighted by Gasteiger charge is 2.42. The summed E-state index contributed by atoms with van der Waals surface area (Å²) in [6.07, 6.45) is 7.09. The van der Waals surface area contributed by atoms with Crippen molar-refractivity contribution in [2.45, 2.75) is 37.3 Å². The SMILES string of the molecule is COc1ccc(C2CCC3NNC(c4cc(N5CCOCC5)ncn4)C3C2)cn1. The van der Waals surface area contributed by atoms with Crippen LogP contribution in [-0.4, -0.2) is 54.4 Å². The van der Waals surface area contributed by atoms with E-state index >= 15 is 0 Å². The molecule has 4 heterocycles. The Morgan fingerprint density at radius 1 is 1.10 bits per heavy atom. The van der Waals surface area contributed by atoms with Gasteiger partial charge in [-0.05, 0) is 36.7 Å². The maximum Gasteiger partial charge on any atom is 0.212 e. The second-order valence-electron chi connectivity index (χ2n) is 8.08. The molecule has 0 spiro atoms. The normalized spacial score (nSPS) is 29.5. The second kappa shape index (κ2) is 8.22. The summed E-state index contributed by atoms with van der Waals surface area (Å²) in [4.78, 5) is 15.8. The van der Waals surface area contributed by atoms with Crippen LogP contribution >= 0.6 is 0 Å². The number of morpholine rings is 1. The Hall–Kier alpha value is -2.29. The topological polar surface area (TPSA) is 84.4 Å². The zero-order valence-electron chi connectivity index (χ0n) is 16.8. The monoisotopic (exact) mass is 396 g/mol. The maximum absolute atomic E-state index is 5.47. The van der Waals surface area contributed by atoms with E-state index in [1.54, 1.807) is 13.4 Å². The van der Waals surface area contributed by atoms with Crippen LogP contribution in [0.3, 0.4) is 0 Å². The molecule has 0 radical (unpaired) electrons. The van der Waals surface area contributed by atoms with E-state index in [4.69, 9.17) is 9.47 Å². The molecule has 0 amide bonds. The van der Waals surface area contributed by atoms with Crippen molar-refractivity contribution < 1.29 is 9.47 Å². The molecule has 3 fully saturated rings. The van der Waals surface area contributed by atoms with Crippen LogP contribution in [0.2, 0.25) is 0 Å². The third kappa shape index (κ3) is 3.80. The third-order valence-electron chi connectivity index (χ3n) is 6.52. The molecule has 1 aliphatic carbocycles. The van der Waals surface area contributed by atoms with Crippen molar-refractivity contribution in [3.63, 3.8) is 0 Å². The fraction of sp³-hybridized carbons (Fsp3) is 0.571. The van der Waals surface area contributed by atoms with Crippen LogP contribution in [0, 0.1) is 5.92 Å². The van der Waals surface area contributed by atoms with Gasteiger partial charge in [-0.25, -0.2) is 20.4 Å². The van der Waals surface area contributed by atoms with Gasteiger partial charge in [0, 0.05) is 37.5 Å². The molecule has 1 saturated carbocycles. The summed E-state index contributed by atoms with van der Waals surface area (Å²) in [6.45, 7) is 3.27. The number of ether oxygens (including phenoxy) is 2. The van der Waals surface area contributed by atoms with Gasteiger partial charge < -0.3 is 14.4 Å². The first-order valence-corrected chi connectivity index (χ1v) is 10.5. The number of methoxy groups -OCH3 is 1. The van der Waals surface area contributed by atoms with Gasteiger partial charge in [0.15, 0.2) is 0 Å². The third-order valence-corrected chi connectivity index (χ3v) is 6.52. The Balaban J connectivity index is 1.33. The molecule has 3 aliphatic rings. The van der Waals surface area contributed by atoms with Crippen molar-refractivity contribution >= 4 is 5.82 Å². The predicted octanol–water partition coefficient (Wildman–Crippen LogP) is 1.82. The van der Waals surface area contributed by atoms with Crippen molar-refractivity contribution in [1.82, 2.24) is 25.8 Å². The van der Waals surface area contributed by atoms with Gasteiger partial charge >= 0.3 is 0 Å². The van der Waals surface area contributed by atoms with Gasteiger partial charge in [-0.2, -0.15) is 0 Å². The number of rotatable bonds is 4. The maximum atomic E-state index is 5.47. The van der Waals surface area contributed by atoms with Gasteiger partial charge in [-0.15, -0.1) is 0 Å². The van der Waals surface area contributed by atoms with Crippen LogP contribution in [0.5, 0.6) is 5.88 Å². The smallest absolute Gasteiger partial charge is 0.212 e. The van der Waals surface area contributed by atoms with Gasteiger partial charge in [-0.3, -0.25) is 5.43 Å². The summed E-state index contributed by atoms with van der Waals surface area (Å²) >= 11 is 0. The molecule has 2 saturated heterocycles. The largest absolute Gasteiger partial charge is 0.481 e. The van der Waals surface area contributed by atoms with E-state index in [1.807, 2.05) is 12.3 Å². The second-order valence-corrected chi connectivity index (χ2v) is 8.08. The summed E-state index contributed by atoms with van der Waals surface area (Å²) < 4.78 is 10.7. The van der Waals surface area contributed by atoms with E-state index in [0.29, 0.717) is 23.8 Å². The zero-order valence-corrected chi connectivity index (χ0v) is 16.8. The van der Waals surface area contributed by atoms with Crippen molar-refractivity contribution in [1.29, 1.82) is 0 Å². The molecular formula is C21H28N6O2. The van der Waals surface area contributed by atoms with Crippen LogP contribution in [-0.2, 0) is 4.74 Å². The molecule has 29 heavy (non-hydrogen) atoms. The minimum atomic E-state index is 0.191. The van der Waals surface area contributed by atoms with Crippen molar-refractivity contribution in [3.05, 3.63) is 42.0 Å². The predicted molar refractivity (Wildman–Crippen MR) is 109 cm³/mol. The lowest BCUT2D eigenvalue weighted by Gasteiger charge is -2.33. The molecule has 2 N–H and O–H groups in total. The molecule has 154 valence electrons. The van der Waals surface area contributed by atoms with Crippen LogP contribution in [0.4, 0.5) is 5.82 Å². The summed E-state index contributed by atoms with van der Waals surface area (Å²) in [5.74, 6) is 2.67. The van der Waals surface area contributed by atoms with Crippen LogP contribution < -0.4 is 20.5 Å². The first kappa shape index (κ1) is 18.7. The average Bonchev–Trinajstić information content (AvgIpc) is 3.23. The molecule has 4 unspecified atom stereocenters. The molecule has 2 aromatic heterocycles. The van der Waals surface area contributed by atoms with Gasteiger partial charge in [-0.1, -0.05) is 6.07 Å². The van der Waals surface area contributed by atoms with Gasteiger partial charge in [0.1, 0.15) is 12.1 Å². The molecule has 0 bridgehead atoms. The van der Waals surface area contributed by atoms with E-state index in [2.05, 4.69) is 42.8 Å². The van der Waals surface area contributed by atoms with Gasteiger partial charge in [0.2, 0.25) is 5.88 Å². The number of aromatic nitrogens is 3. The Kier molecular flexibility index (Phi) is 5.30. The summed E-state index contributed by atoms with van der Waals surface area (Å²) in [6, 6.07) is 6.93. The number of hydrogen-bond acceptors (Lipinski definition) is 8. The molecule has 8 heteroatoms. The average molecular weight is 396 g/mol. The Morgan fingerprint density at radius 2 is 2.00 bits per heavy atom. The number of pyridine rings is 1. The number of anilines is 1. The van der Waals surface area contributed by atoms with Crippen molar-refractivity contribution in [2.24, 2.45) is 5.92 Å². The zero-order chi connectivity index (χ0) is 19.6. The lowest BCUT2D eigenvalue weighted by atomic mass is 9.73. The van der Waals surface area contributed by atoms with Gasteiger partial charge in [0.05, 0.1) is 32.1 Å². The highest BCUT2D eigenvalue weighted by molar-refractivity contribution is 5.40. The van der Waals surface area contributed by atoms with Gasteiger partial charge in [0.25, 0.3) is 0 Å². The number of fused-ring (bicyclic) bond motifs is 1. The molecule has 2 aromatic rings. The lowest BCUT2D eigenvalue weighted by molar-refractivity contribution is 0.122. The van der Waals surface area contributed by atoms with E-state index in [9.17, 15) is 0 Å². The fourth-order valence-electron chi connectivity index (χ4n) is 4.90. The number of hydrazine groups is 1. The number of nitrogens with zero attached hydrogens (tertiary/aromatic N) is 4. The minimum absolute atomic E-state index is 0.191. The molecule has 5 rings (SSSR count). The standard InChI is InChI=1S/C21H28N6O2/c1-28-20-5-3-15(12-22-20)14-2-4-17-16(10-14)21(26-25-17)18-11-19(24-13-23-18)27-6-8-29-9-7-27/h3,5,11-14,16-17,21,25-26H,2,4,6-10H2,1H3. The van der Waals surface area contributed by atoms with E-state index < -0.39 is 0 Å². The Morgan fingerprint density at radius 3 is 2.79 bits per heavy atom.